The fraction of sp³-hybridized carbons (Fsp3) is 1.00. The largest absolute Gasteiger partial charge is 0.379 e. The van der Waals surface area contributed by atoms with Crippen LogP contribution in [0.15, 0.2) is 0 Å². The van der Waals surface area contributed by atoms with Gasteiger partial charge in [-0.15, -0.1) is 0 Å². The SMILES string of the molecule is COC1CC(C)OC(C)C1OC1CCCC(C)O1. The predicted octanol–water partition coefficient (Wildman–Crippen LogP) is 2.50. The molecule has 0 saturated carbocycles. The van der Waals surface area contributed by atoms with Crippen LogP contribution in [0.5, 0.6) is 0 Å². The van der Waals surface area contributed by atoms with Crippen LogP contribution < -0.4 is 0 Å². The maximum atomic E-state index is 6.09. The Bertz CT molecular complexity index is 258. The van der Waals surface area contributed by atoms with E-state index in [9.17, 15) is 0 Å². The third-order valence-electron chi connectivity index (χ3n) is 3.89. The van der Waals surface area contributed by atoms with Gasteiger partial charge in [-0.3, -0.25) is 0 Å². The fourth-order valence-corrected chi connectivity index (χ4v) is 2.93. The molecule has 2 heterocycles. The molecule has 2 fully saturated rings. The van der Waals surface area contributed by atoms with Crippen LogP contribution in [-0.4, -0.2) is 43.9 Å². The first-order valence-electron chi connectivity index (χ1n) is 7.09. The van der Waals surface area contributed by atoms with Crippen LogP contribution >= 0.6 is 0 Å². The highest BCUT2D eigenvalue weighted by Gasteiger charge is 2.38. The summed E-state index contributed by atoms with van der Waals surface area (Å²) < 4.78 is 23.3. The summed E-state index contributed by atoms with van der Waals surface area (Å²) in [6.07, 6.45) is 4.71. The smallest absolute Gasteiger partial charge is 0.158 e. The van der Waals surface area contributed by atoms with Crippen LogP contribution in [0.25, 0.3) is 0 Å². The van der Waals surface area contributed by atoms with E-state index in [1.165, 1.54) is 6.42 Å². The van der Waals surface area contributed by atoms with Crippen LogP contribution in [0.3, 0.4) is 0 Å². The van der Waals surface area contributed by atoms with Crippen molar-refractivity contribution in [2.75, 3.05) is 7.11 Å². The minimum Gasteiger partial charge on any atom is -0.379 e. The van der Waals surface area contributed by atoms with Crippen LogP contribution in [0.4, 0.5) is 0 Å². The van der Waals surface area contributed by atoms with Gasteiger partial charge in [-0.05, 0) is 40.0 Å². The molecule has 0 radical (unpaired) electrons. The Kier molecular flexibility index (Phi) is 5.01. The number of hydrogen-bond donors (Lipinski definition) is 0. The second kappa shape index (κ2) is 6.33. The molecule has 2 saturated heterocycles. The monoisotopic (exact) mass is 258 g/mol. The molecule has 0 amide bonds. The molecule has 4 nitrogen and oxygen atoms in total. The average Bonchev–Trinajstić information content (AvgIpc) is 2.32. The van der Waals surface area contributed by atoms with Gasteiger partial charge in [0.15, 0.2) is 6.29 Å². The Morgan fingerprint density at radius 2 is 1.78 bits per heavy atom. The summed E-state index contributed by atoms with van der Waals surface area (Å²) in [4.78, 5) is 0. The van der Waals surface area contributed by atoms with E-state index >= 15 is 0 Å². The van der Waals surface area contributed by atoms with Crippen molar-refractivity contribution in [3.63, 3.8) is 0 Å². The Balaban J connectivity index is 1.92. The standard InChI is InChI=1S/C14H26O4/c1-9-6-5-7-13(17-9)18-14-11(3)16-10(2)8-12(14)15-4/h9-14H,5-8H2,1-4H3. The lowest BCUT2D eigenvalue weighted by atomic mass is 9.99. The maximum Gasteiger partial charge on any atom is 0.158 e. The third kappa shape index (κ3) is 3.44. The van der Waals surface area contributed by atoms with E-state index in [1.54, 1.807) is 7.11 Å². The van der Waals surface area contributed by atoms with Gasteiger partial charge in [0.25, 0.3) is 0 Å². The molecule has 0 N–H and O–H groups in total. The molecule has 2 rings (SSSR count). The molecule has 0 aliphatic carbocycles. The first-order valence-corrected chi connectivity index (χ1v) is 7.09. The lowest BCUT2D eigenvalue weighted by Gasteiger charge is -2.41. The van der Waals surface area contributed by atoms with Crippen molar-refractivity contribution < 1.29 is 18.9 Å². The summed E-state index contributed by atoms with van der Waals surface area (Å²) in [5.41, 5.74) is 0. The number of rotatable bonds is 3. The van der Waals surface area contributed by atoms with Gasteiger partial charge in [0, 0.05) is 13.5 Å². The molecule has 18 heavy (non-hydrogen) atoms. The van der Waals surface area contributed by atoms with Gasteiger partial charge < -0.3 is 18.9 Å². The summed E-state index contributed by atoms with van der Waals surface area (Å²) in [7, 11) is 1.75. The van der Waals surface area contributed by atoms with E-state index in [0.29, 0.717) is 6.10 Å². The molecule has 6 atom stereocenters. The molecular formula is C14H26O4. The zero-order valence-corrected chi connectivity index (χ0v) is 11.9. The quantitative estimate of drug-likeness (QED) is 0.779. The molecule has 0 aromatic carbocycles. The van der Waals surface area contributed by atoms with E-state index in [-0.39, 0.29) is 30.7 Å². The van der Waals surface area contributed by atoms with Gasteiger partial charge >= 0.3 is 0 Å². The average molecular weight is 258 g/mol. The maximum absolute atomic E-state index is 6.09. The van der Waals surface area contributed by atoms with E-state index in [2.05, 4.69) is 20.8 Å². The molecule has 0 aromatic rings. The third-order valence-corrected chi connectivity index (χ3v) is 3.89. The minimum atomic E-state index is -0.101. The van der Waals surface area contributed by atoms with Crippen molar-refractivity contribution in [1.29, 1.82) is 0 Å². The highest BCUT2D eigenvalue weighted by molar-refractivity contribution is 4.84. The van der Waals surface area contributed by atoms with Crippen molar-refractivity contribution in [1.82, 2.24) is 0 Å². The molecule has 106 valence electrons. The summed E-state index contributed by atoms with van der Waals surface area (Å²) in [6.45, 7) is 6.24. The van der Waals surface area contributed by atoms with Crippen molar-refractivity contribution in [3.8, 4) is 0 Å². The van der Waals surface area contributed by atoms with E-state index in [4.69, 9.17) is 18.9 Å². The highest BCUT2D eigenvalue weighted by Crippen LogP contribution is 2.28. The molecule has 6 unspecified atom stereocenters. The Morgan fingerprint density at radius 1 is 1.00 bits per heavy atom. The van der Waals surface area contributed by atoms with Crippen LogP contribution in [0, 0.1) is 0 Å². The summed E-state index contributed by atoms with van der Waals surface area (Å²) in [6, 6.07) is 0. The first-order chi connectivity index (χ1) is 8.60. The van der Waals surface area contributed by atoms with Crippen molar-refractivity contribution >= 4 is 0 Å². The zero-order chi connectivity index (χ0) is 13.1. The summed E-state index contributed by atoms with van der Waals surface area (Å²) >= 11 is 0. The Labute approximate surface area is 110 Å². The zero-order valence-electron chi connectivity index (χ0n) is 11.9. The molecule has 0 aromatic heterocycles. The van der Waals surface area contributed by atoms with Crippen LogP contribution in [0.1, 0.15) is 46.5 Å². The second-order valence-corrected chi connectivity index (χ2v) is 5.57. The number of hydrogen-bond acceptors (Lipinski definition) is 4. The van der Waals surface area contributed by atoms with E-state index < -0.39 is 0 Å². The Morgan fingerprint density at radius 3 is 2.44 bits per heavy atom. The van der Waals surface area contributed by atoms with Gasteiger partial charge in [0.1, 0.15) is 6.10 Å². The van der Waals surface area contributed by atoms with E-state index in [0.717, 1.165) is 19.3 Å². The lowest BCUT2D eigenvalue weighted by Crippen LogP contribution is -2.50. The second-order valence-electron chi connectivity index (χ2n) is 5.57. The minimum absolute atomic E-state index is 0.0264. The van der Waals surface area contributed by atoms with Crippen molar-refractivity contribution in [3.05, 3.63) is 0 Å². The van der Waals surface area contributed by atoms with Gasteiger partial charge in [0.2, 0.25) is 0 Å². The molecule has 2 aliphatic heterocycles. The molecule has 0 bridgehead atoms. The van der Waals surface area contributed by atoms with Gasteiger partial charge in [-0.2, -0.15) is 0 Å². The summed E-state index contributed by atoms with van der Waals surface area (Å²) in [5.74, 6) is 0. The van der Waals surface area contributed by atoms with Crippen LogP contribution in [-0.2, 0) is 18.9 Å². The van der Waals surface area contributed by atoms with Gasteiger partial charge in [-0.25, -0.2) is 0 Å². The summed E-state index contributed by atoms with van der Waals surface area (Å²) in [5, 5.41) is 0. The lowest BCUT2D eigenvalue weighted by molar-refractivity contribution is -0.268. The molecular weight excluding hydrogens is 232 g/mol. The first kappa shape index (κ1) is 14.3. The highest BCUT2D eigenvalue weighted by atomic mass is 16.7. The number of methoxy groups -OCH3 is 1. The van der Waals surface area contributed by atoms with Gasteiger partial charge in [-0.1, -0.05) is 0 Å². The molecule has 0 spiro atoms. The van der Waals surface area contributed by atoms with Crippen LogP contribution in [0.2, 0.25) is 0 Å². The Hall–Kier alpha value is -0.160. The van der Waals surface area contributed by atoms with Crippen molar-refractivity contribution in [2.24, 2.45) is 0 Å². The normalized spacial score (nSPS) is 46.0. The topological polar surface area (TPSA) is 36.9 Å². The van der Waals surface area contributed by atoms with Crippen molar-refractivity contribution in [2.45, 2.75) is 83.3 Å². The number of ether oxygens (including phenoxy) is 4. The fourth-order valence-electron chi connectivity index (χ4n) is 2.93. The predicted molar refractivity (Wildman–Crippen MR) is 68.5 cm³/mol. The molecule has 4 heteroatoms. The van der Waals surface area contributed by atoms with Gasteiger partial charge in [0.05, 0.1) is 24.4 Å². The van der Waals surface area contributed by atoms with E-state index in [1.807, 2.05) is 0 Å². The molecule has 2 aliphatic rings.